The van der Waals surface area contributed by atoms with Crippen LogP contribution in [0.25, 0.3) is 0 Å². The highest BCUT2D eigenvalue weighted by molar-refractivity contribution is 7.89. The van der Waals surface area contributed by atoms with E-state index in [1.165, 1.54) is 16.4 Å². The van der Waals surface area contributed by atoms with Crippen LogP contribution in [0.5, 0.6) is 0 Å². The zero-order valence-electron chi connectivity index (χ0n) is 13.6. The second kappa shape index (κ2) is 7.73. The second-order valence-electron chi connectivity index (χ2n) is 5.19. The molecule has 1 aromatic carbocycles. The molecule has 0 radical (unpaired) electrons. The first-order chi connectivity index (χ1) is 11.4. The molecular formula is C15H20N2O6S. The summed E-state index contributed by atoms with van der Waals surface area (Å²) in [5.74, 6) is -2.08. The van der Waals surface area contributed by atoms with Crippen LogP contribution in [0.1, 0.15) is 12.5 Å². The summed E-state index contributed by atoms with van der Waals surface area (Å²) in [4.78, 5) is 23.2. The van der Waals surface area contributed by atoms with E-state index in [0.717, 1.165) is 5.56 Å². The molecule has 1 aromatic rings. The fourth-order valence-corrected chi connectivity index (χ4v) is 3.88. The minimum atomic E-state index is -3.81. The Bertz CT molecular complexity index is 725. The number of carbonyl (C=O) groups excluding carboxylic acids is 2. The van der Waals surface area contributed by atoms with E-state index in [1.54, 1.807) is 19.9 Å². The summed E-state index contributed by atoms with van der Waals surface area (Å²) >= 11 is 0. The van der Waals surface area contributed by atoms with Gasteiger partial charge in [-0.2, -0.15) is 4.31 Å². The lowest BCUT2D eigenvalue weighted by molar-refractivity contribution is -0.152. The van der Waals surface area contributed by atoms with E-state index < -0.39 is 21.9 Å². The van der Waals surface area contributed by atoms with Gasteiger partial charge in [-0.3, -0.25) is 4.79 Å². The number of nitrogens with one attached hydrogen (secondary N) is 1. The Morgan fingerprint density at radius 2 is 1.96 bits per heavy atom. The second-order valence-corrected chi connectivity index (χ2v) is 7.10. The van der Waals surface area contributed by atoms with Crippen LogP contribution in [0.15, 0.2) is 23.1 Å². The molecule has 0 aromatic heterocycles. The standard InChI is InChI=1S/C15H20N2O6S/c1-3-23-15(19)14(18)16-12-5-4-11(2)10-13(12)24(20,21)17-6-8-22-9-7-17/h4-5,10H,3,6-9H2,1-2H3,(H,16,18). The van der Waals surface area contributed by atoms with Crippen LogP contribution in [0.4, 0.5) is 5.69 Å². The molecule has 0 aliphatic carbocycles. The van der Waals surface area contributed by atoms with Crippen LogP contribution < -0.4 is 5.32 Å². The Kier molecular flexibility index (Phi) is 5.92. The van der Waals surface area contributed by atoms with E-state index in [-0.39, 0.29) is 30.3 Å². The number of carbonyl (C=O) groups is 2. The molecule has 132 valence electrons. The molecule has 2 rings (SSSR count). The molecule has 0 bridgehead atoms. The van der Waals surface area contributed by atoms with Crippen LogP contribution in [-0.4, -0.2) is 57.5 Å². The molecule has 8 nitrogen and oxygen atoms in total. The number of amides is 1. The minimum absolute atomic E-state index is 0.0464. The quantitative estimate of drug-likeness (QED) is 0.623. The minimum Gasteiger partial charge on any atom is -0.459 e. The van der Waals surface area contributed by atoms with Crippen LogP contribution >= 0.6 is 0 Å². The highest BCUT2D eigenvalue weighted by Gasteiger charge is 2.30. The van der Waals surface area contributed by atoms with Crippen molar-refractivity contribution in [3.8, 4) is 0 Å². The number of ether oxygens (including phenoxy) is 2. The molecular weight excluding hydrogens is 336 g/mol. The van der Waals surface area contributed by atoms with E-state index in [9.17, 15) is 18.0 Å². The fraction of sp³-hybridized carbons (Fsp3) is 0.467. The molecule has 1 N–H and O–H groups in total. The van der Waals surface area contributed by atoms with Crippen molar-refractivity contribution in [1.29, 1.82) is 0 Å². The largest absolute Gasteiger partial charge is 0.459 e. The third-order valence-electron chi connectivity index (χ3n) is 3.43. The summed E-state index contributed by atoms with van der Waals surface area (Å²) in [5.41, 5.74) is 0.765. The fourth-order valence-electron chi connectivity index (χ4n) is 2.24. The lowest BCUT2D eigenvalue weighted by Crippen LogP contribution is -2.41. The van der Waals surface area contributed by atoms with E-state index in [2.05, 4.69) is 10.1 Å². The Hall–Kier alpha value is -1.97. The third kappa shape index (κ3) is 4.11. The number of sulfonamides is 1. The highest BCUT2D eigenvalue weighted by Crippen LogP contribution is 2.26. The van der Waals surface area contributed by atoms with Gasteiger partial charge >= 0.3 is 11.9 Å². The molecule has 24 heavy (non-hydrogen) atoms. The maximum absolute atomic E-state index is 12.8. The van der Waals surface area contributed by atoms with Gasteiger partial charge in [0, 0.05) is 13.1 Å². The van der Waals surface area contributed by atoms with Gasteiger partial charge in [-0.15, -0.1) is 0 Å². The molecule has 0 spiro atoms. The molecule has 0 saturated carbocycles. The SMILES string of the molecule is CCOC(=O)C(=O)Nc1ccc(C)cc1S(=O)(=O)N1CCOCC1. The number of nitrogens with zero attached hydrogens (tertiary/aromatic N) is 1. The topological polar surface area (TPSA) is 102 Å². The highest BCUT2D eigenvalue weighted by atomic mass is 32.2. The van der Waals surface area contributed by atoms with Gasteiger partial charge < -0.3 is 14.8 Å². The van der Waals surface area contributed by atoms with E-state index in [0.29, 0.717) is 13.2 Å². The monoisotopic (exact) mass is 356 g/mol. The van der Waals surface area contributed by atoms with E-state index >= 15 is 0 Å². The molecule has 9 heteroatoms. The number of anilines is 1. The first-order valence-corrected chi connectivity index (χ1v) is 8.97. The van der Waals surface area contributed by atoms with Crippen molar-refractivity contribution in [3.05, 3.63) is 23.8 Å². The van der Waals surface area contributed by atoms with Gasteiger partial charge in [0.15, 0.2) is 0 Å². The Morgan fingerprint density at radius 3 is 2.58 bits per heavy atom. The number of esters is 1. The number of morpholine rings is 1. The molecule has 0 atom stereocenters. The predicted molar refractivity (Wildman–Crippen MR) is 86.0 cm³/mol. The van der Waals surface area contributed by atoms with Crippen molar-refractivity contribution in [2.24, 2.45) is 0 Å². The van der Waals surface area contributed by atoms with Gasteiger partial charge in [0.2, 0.25) is 10.0 Å². The average Bonchev–Trinajstić information content (AvgIpc) is 2.57. The summed E-state index contributed by atoms with van der Waals surface area (Å²) in [6.45, 7) is 4.48. The predicted octanol–water partition coefficient (Wildman–Crippen LogP) is 0.518. The first-order valence-electron chi connectivity index (χ1n) is 7.53. The van der Waals surface area contributed by atoms with E-state index in [1.807, 2.05) is 0 Å². The van der Waals surface area contributed by atoms with Gasteiger partial charge in [-0.05, 0) is 31.5 Å². The molecule has 1 amide bonds. The van der Waals surface area contributed by atoms with Crippen molar-refractivity contribution in [1.82, 2.24) is 4.31 Å². The van der Waals surface area contributed by atoms with Crippen LogP contribution in [0.3, 0.4) is 0 Å². The number of rotatable bonds is 4. The molecule has 1 aliphatic rings. The molecule has 1 aliphatic heterocycles. The van der Waals surface area contributed by atoms with Crippen LogP contribution in [-0.2, 0) is 29.1 Å². The maximum atomic E-state index is 12.8. The van der Waals surface area contributed by atoms with Crippen LogP contribution in [0, 0.1) is 6.92 Å². The molecule has 1 saturated heterocycles. The van der Waals surface area contributed by atoms with Crippen LogP contribution in [0.2, 0.25) is 0 Å². The lowest BCUT2D eigenvalue weighted by atomic mass is 10.2. The first kappa shape index (κ1) is 18.4. The zero-order valence-corrected chi connectivity index (χ0v) is 14.4. The van der Waals surface area contributed by atoms with Gasteiger partial charge in [-0.1, -0.05) is 6.07 Å². The van der Waals surface area contributed by atoms with Crippen molar-refractivity contribution >= 4 is 27.6 Å². The summed E-state index contributed by atoms with van der Waals surface area (Å²) in [7, 11) is -3.81. The maximum Gasteiger partial charge on any atom is 0.397 e. The Morgan fingerprint density at radius 1 is 1.29 bits per heavy atom. The average molecular weight is 356 g/mol. The van der Waals surface area contributed by atoms with Crippen molar-refractivity contribution in [3.63, 3.8) is 0 Å². The van der Waals surface area contributed by atoms with Gasteiger partial charge in [0.05, 0.1) is 25.5 Å². The summed E-state index contributed by atoms with van der Waals surface area (Å²) < 4.78 is 36.8. The number of hydrogen-bond acceptors (Lipinski definition) is 6. The molecule has 0 unspecified atom stereocenters. The number of aryl methyl sites for hydroxylation is 1. The van der Waals surface area contributed by atoms with Gasteiger partial charge in [0.25, 0.3) is 0 Å². The molecule has 1 heterocycles. The number of hydrogen-bond donors (Lipinski definition) is 1. The van der Waals surface area contributed by atoms with Gasteiger partial charge in [-0.25, -0.2) is 13.2 Å². The lowest BCUT2D eigenvalue weighted by Gasteiger charge is -2.27. The molecule has 1 fully saturated rings. The van der Waals surface area contributed by atoms with E-state index in [4.69, 9.17) is 4.74 Å². The van der Waals surface area contributed by atoms with Crippen molar-refractivity contribution in [2.45, 2.75) is 18.7 Å². The normalized spacial score (nSPS) is 15.8. The number of benzene rings is 1. The summed E-state index contributed by atoms with van der Waals surface area (Å²) in [6, 6.07) is 4.57. The summed E-state index contributed by atoms with van der Waals surface area (Å²) in [6.07, 6.45) is 0. The van der Waals surface area contributed by atoms with Crippen molar-refractivity contribution < 1.29 is 27.5 Å². The third-order valence-corrected chi connectivity index (χ3v) is 5.37. The smallest absolute Gasteiger partial charge is 0.397 e. The summed E-state index contributed by atoms with van der Waals surface area (Å²) in [5, 5.41) is 2.32. The van der Waals surface area contributed by atoms with Gasteiger partial charge in [0.1, 0.15) is 4.90 Å². The Balaban J connectivity index is 2.33. The Labute approximate surface area is 140 Å². The van der Waals surface area contributed by atoms with Crippen molar-refractivity contribution in [2.75, 3.05) is 38.2 Å². The zero-order chi connectivity index (χ0) is 17.7.